The summed E-state index contributed by atoms with van der Waals surface area (Å²) in [5.41, 5.74) is 1.53. The van der Waals surface area contributed by atoms with Crippen LogP contribution in [-0.4, -0.2) is 31.0 Å². The number of aryl methyl sites for hydroxylation is 1. The molecule has 0 aliphatic carbocycles. The van der Waals surface area contributed by atoms with E-state index in [4.69, 9.17) is 5.11 Å². The highest BCUT2D eigenvalue weighted by Gasteiger charge is 2.04. The fourth-order valence-electron chi connectivity index (χ4n) is 1.22. The number of nitrogens with zero attached hydrogens (tertiary/aromatic N) is 4. The normalized spacial score (nSPS) is 10.1. The minimum atomic E-state index is -1.10. The molecule has 7 nitrogen and oxygen atoms in total. The number of rotatable bonds is 4. The van der Waals surface area contributed by atoms with Crippen molar-refractivity contribution in [3.63, 3.8) is 0 Å². The standard InChI is InChI=1S/C11H11N5O2/c1-7-2-13-8(3-12-7)4-15-10-6-14-9(5-16-10)11(17)18/h2-3,5-6H,4H2,1H3,(H,15,16)(H,17,18). The Balaban J connectivity index is 1.97. The van der Waals surface area contributed by atoms with Crippen molar-refractivity contribution in [1.82, 2.24) is 19.9 Å². The van der Waals surface area contributed by atoms with Gasteiger partial charge in [0.1, 0.15) is 5.82 Å². The Labute approximate surface area is 103 Å². The van der Waals surface area contributed by atoms with Crippen molar-refractivity contribution in [2.45, 2.75) is 13.5 Å². The average Bonchev–Trinajstić information content (AvgIpc) is 2.38. The molecule has 0 aromatic carbocycles. The van der Waals surface area contributed by atoms with Gasteiger partial charge in [0.05, 0.1) is 36.5 Å². The molecule has 2 heterocycles. The molecule has 0 atom stereocenters. The third kappa shape index (κ3) is 2.97. The lowest BCUT2D eigenvalue weighted by Gasteiger charge is -2.04. The molecule has 0 fully saturated rings. The molecule has 0 saturated heterocycles. The Hall–Kier alpha value is -2.57. The van der Waals surface area contributed by atoms with Gasteiger partial charge in [-0.05, 0) is 6.92 Å². The van der Waals surface area contributed by atoms with Crippen LogP contribution in [0.3, 0.4) is 0 Å². The molecule has 18 heavy (non-hydrogen) atoms. The summed E-state index contributed by atoms with van der Waals surface area (Å²) in [6.45, 7) is 2.31. The highest BCUT2D eigenvalue weighted by atomic mass is 16.4. The van der Waals surface area contributed by atoms with Gasteiger partial charge in [0, 0.05) is 6.20 Å². The van der Waals surface area contributed by atoms with Gasteiger partial charge in [-0.1, -0.05) is 0 Å². The maximum Gasteiger partial charge on any atom is 0.356 e. The van der Waals surface area contributed by atoms with Crippen LogP contribution in [-0.2, 0) is 6.54 Å². The molecule has 0 saturated carbocycles. The van der Waals surface area contributed by atoms with E-state index in [0.29, 0.717) is 12.4 Å². The quantitative estimate of drug-likeness (QED) is 0.824. The smallest absolute Gasteiger partial charge is 0.356 e. The van der Waals surface area contributed by atoms with Crippen molar-refractivity contribution >= 4 is 11.8 Å². The fourth-order valence-corrected chi connectivity index (χ4v) is 1.22. The van der Waals surface area contributed by atoms with E-state index >= 15 is 0 Å². The van der Waals surface area contributed by atoms with E-state index in [0.717, 1.165) is 11.4 Å². The van der Waals surface area contributed by atoms with Crippen LogP contribution in [0.15, 0.2) is 24.8 Å². The summed E-state index contributed by atoms with van der Waals surface area (Å²) < 4.78 is 0. The summed E-state index contributed by atoms with van der Waals surface area (Å²) in [4.78, 5) is 26.5. The molecule has 0 radical (unpaired) electrons. The molecule has 0 aliphatic rings. The third-order valence-electron chi connectivity index (χ3n) is 2.16. The Bertz CT molecular complexity index is 538. The summed E-state index contributed by atoms with van der Waals surface area (Å²) in [5.74, 6) is -0.610. The van der Waals surface area contributed by atoms with Gasteiger partial charge in [-0.25, -0.2) is 14.8 Å². The monoisotopic (exact) mass is 245 g/mol. The van der Waals surface area contributed by atoms with Crippen molar-refractivity contribution in [2.75, 3.05) is 5.32 Å². The van der Waals surface area contributed by atoms with Gasteiger partial charge in [0.2, 0.25) is 0 Å². The molecule has 0 unspecified atom stereocenters. The van der Waals surface area contributed by atoms with Gasteiger partial charge < -0.3 is 10.4 Å². The molecule has 0 amide bonds. The topological polar surface area (TPSA) is 101 Å². The lowest BCUT2D eigenvalue weighted by Crippen LogP contribution is -2.06. The second-order valence-electron chi connectivity index (χ2n) is 3.59. The molecule has 0 bridgehead atoms. The Morgan fingerprint density at radius 2 is 2.00 bits per heavy atom. The van der Waals surface area contributed by atoms with Crippen molar-refractivity contribution in [3.05, 3.63) is 41.9 Å². The van der Waals surface area contributed by atoms with Crippen molar-refractivity contribution < 1.29 is 9.90 Å². The zero-order valence-corrected chi connectivity index (χ0v) is 9.66. The molecule has 2 aromatic rings. The molecule has 7 heteroatoms. The van der Waals surface area contributed by atoms with Gasteiger partial charge in [-0.2, -0.15) is 0 Å². The minimum Gasteiger partial charge on any atom is -0.476 e. The highest BCUT2D eigenvalue weighted by molar-refractivity contribution is 5.84. The molecule has 2 rings (SSSR count). The van der Waals surface area contributed by atoms with Crippen molar-refractivity contribution in [2.24, 2.45) is 0 Å². The van der Waals surface area contributed by atoms with Gasteiger partial charge in [-0.15, -0.1) is 0 Å². The third-order valence-corrected chi connectivity index (χ3v) is 2.16. The average molecular weight is 245 g/mol. The van der Waals surface area contributed by atoms with Gasteiger partial charge >= 0.3 is 5.97 Å². The number of carboxylic acids is 1. The number of carboxylic acid groups (broad SMARTS) is 1. The number of carbonyl (C=O) groups is 1. The van der Waals surface area contributed by atoms with E-state index in [9.17, 15) is 4.79 Å². The van der Waals surface area contributed by atoms with Crippen LogP contribution < -0.4 is 5.32 Å². The summed E-state index contributed by atoms with van der Waals surface area (Å²) in [6, 6.07) is 0. The maximum absolute atomic E-state index is 10.6. The van der Waals surface area contributed by atoms with Crippen LogP contribution in [0, 0.1) is 6.92 Å². The molecule has 0 spiro atoms. The molecular weight excluding hydrogens is 234 g/mol. The maximum atomic E-state index is 10.6. The van der Waals surface area contributed by atoms with E-state index in [-0.39, 0.29) is 5.69 Å². The Kier molecular flexibility index (Phi) is 3.42. The zero-order chi connectivity index (χ0) is 13.0. The molecule has 0 aliphatic heterocycles. The molecular formula is C11H11N5O2. The first-order valence-electron chi connectivity index (χ1n) is 5.22. The fraction of sp³-hybridized carbons (Fsp3) is 0.182. The largest absolute Gasteiger partial charge is 0.476 e. The van der Waals surface area contributed by atoms with Crippen LogP contribution in [0.25, 0.3) is 0 Å². The first-order chi connectivity index (χ1) is 8.65. The second kappa shape index (κ2) is 5.17. The molecule has 2 N–H and O–H groups in total. The van der Waals surface area contributed by atoms with Gasteiger partial charge in [0.15, 0.2) is 5.69 Å². The van der Waals surface area contributed by atoms with Crippen LogP contribution in [0.4, 0.5) is 5.82 Å². The van der Waals surface area contributed by atoms with E-state index in [2.05, 4.69) is 25.3 Å². The molecule has 92 valence electrons. The van der Waals surface area contributed by atoms with Gasteiger partial charge in [0.25, 0.3) is 0 Å². The number of anilines is 1. The zero-order valence-electron chi connectivity index (χ0n) is 9.66. The van der Waals surface area contributed by atoms with E-state index in [1.165, 1.54) is 12.4 Å². The number of hydrogen-bond acceptors (Lipinski definition) is 6. The van der Waals surface area contributed by atoms with Crippen molar-refractivity contribution in [3.8, 4) is 0 Å². The lowest BCUT2D eigenvalue weighted by atomic mass is 10.4. The van der Waals surface area contributed by atoms with E-state index in [1.54, 1.807) is 12.4 Å². The summed E-state index contributed by atoms with van der Waals surface area (Å²) in [7, 11) is 0. The SMILES string of the molecule is Cc1cnc(CNc2cnc(C(=O)O)cn2)cn1. The summed E-state index contributed by atoms with van der Waals surface area (Å²) in [5, 5.41) is 11.6. The number of aromatic carboxylic acids is 1. The summed E-state index contributed by atoms with van der Waals surface area (Å²) in [6.07, 6.45) is 5.91. The van der Waals surface area contributed by atoms with Crippen molar-refractivity contribution in [1.29, 1.82) is 0 Å². The van der Waals surface area contributed by atoms with Crippen LogP contribution in [0.1, 0.15) is 21.9 Å². The summed E-state index contributed by atoms with van der Waals surface area (Å²) >= 11 is 0. The Morgan fingerprint density at radius 3 is 2.56 bits per heavy atom. The number of aromatic nitrogens is 4. The highest BCUT2D eigenvalue weighted by Crippen LogP contribution is 2.03. The molecule has 2 aromatic heterocycles. The van der Waals surface area contributed by atoms with E-state index in [1.807, 2.05) is 6.92 Å². The number of nitrogens with one attached hydrogen (secondary N) is 1. The van der Waals surface area contributed by atoms with Gasteiger partial charge in [-0.3, -0.25) is 9.97 Å². The Morgan fingerprint density at radius 1 is 1.17 bits per heavy atom. The first kappa shape index (κ1) is 11.9. The second-order valence-corrected chi connectivity index (χ2v) is 3.59. The predicted octanol–water partition coefficient (Wildman–Crippen LogP) is 0.885. The van der Waals surface area contributed by atoms with Crippen LogP contribution in [0.2, 0.25) is 0 Å². The predicted molar refractivity (Wildman–Crippen MR) is 63.1 cm³/mol. The number of hydrogen-bond donors (Lipinski definition) is 2. The first-order valence-corrected chi connectivity index (χ1v) is 5.22. The van der Waals surface area contributed by atoms with Crippen LogP contribution in [0.5, 0.6) is 0 Å². The van der Waals surface area contributed by atoms with Crippen LogP contribution >= 0.6 is 0 Å². The lowest BCUT2D eigenvalue weighted by molar-refractivity contribution is 0.0690. The van der Waals surface area contributed by atoms with E-state index < -0.39 is 5.97 Å². The minimum absolute atomic E-state index is 0.0873.